The van der Waals surface area contributed by atoms with Gasteiger partial charge in [-0.1, -0.05) is 60.7 Å². The van der Waals surface area contributed by atoms with Gasteiger partial charge in [0, 0.05) is 0 Å². The number of carbonyl (C=O) groups is 1. The van der Waals surface area contributed by atoms with Crippen molar-refractivity contribution in [3.8, 4) is 0 Å². The molecule has 1 aliphatic rings. The number of alkyl carbamates (subject to hydrolysis) is 1. The molecule has 1 fully saturated rings. The molecule has 1 N–H and O–H groups in total. The number of hydrogen-bond donors (Lipinski definition) is 1. The van der Waals surface area contributed by atoms with Crippen LogP contribution in [0, 0.1) is 0 Å². The highest BCUT2D eigenvalue weighted by atomic mass is 31.2. The lowest BCUT2D eigenvalue weighted by Gasteiger charge is -2.19. The molecule has 1 saturated heterocycles. The molecular weight excluding hydrogens is 357 g/mol. The summed E-state index contributed by atoms with van der Waals surface area (Å²) < 4.78 is 34.3. The van der Waals surface area contributed by atoms with Crippen LogP contribution in [0.15, 0.2) is 60.7 Å². The van der Waals surface area contributed by atoms with E-state index >= 15 is 0 Å². The number of phosphoric acid groups is 1. The molecule has 0 aromatic heterocycles. The third-order valence-electron chi connectivity index (χ3n) is 3.63. The van der Waals surface area contributed by atoms with Gasteiger partial charge >= 0.3 is 13.9 Å². The zero-order valence-electron chi connectivity index (χ0n) is 14.1. The number of ether oxygens (including phenoxy) is 1. The zero-order chi connectivity index (χ0) is 18.2. The molecule has 7 nitrogen and oxygen atoms in total. The highest BCUT2D eigenvalue weighted by Crippen LogP contribution is 2.51. The summed E-state index contributed by atoms with van der Waals surface area (Å²) in [6, 6.07) is 18.6. The lowest BCUT2D eigenvalue weighted by molar-refractivity contribution is 0.0596. The monoisotopic (exact) mass is 377 g/mol. The van der Waals surface area contributed by atoms with Crippen LogP contribution in [0.1, 0.15) is 11.1 Å². The van der Waals surface area contributed by atoms with Gasteiger partial charge in [0.15, 0.2) is 0 Å². The van der Waals surface area contributed by atoms with Crippen molar-refractivity contribution in [2.45, 2.75) is 19.3 Å². The smallest absolute Gasteiger partial charge is 0.442 e. The molecule has 0 saturated carbocycles. The third-order valence-corrected chi connectivity index (χ3v) is 4.99. The van der Waals surface area contributed by atoms with Crippen LogP contribution in [0.25, 0.3) is 0 Å². The summed E-state index contributed by atoms with van der Waals surface area (Å²) >= 11 is 0. The Morgan fingerprint density at radius 3 is 1.92 bits per heavy atom. The first-order chi connectivity index (χ1) is 12.6. The van der Waals surface area contributed by atoms with E-state index < -0.39 is 20.0 Å². The minimum absolute atomic E-state index is 0.0790. The van der Waals surface area contributed by atoms with Crippen LogP contribution in [-0.4, -0.2) is 25.3 Å². The normalized spacial score (nSPS) is 16.9. The molecule has 1 aliphatic heterocycles. The lowest BCUT2D eigenvalue weighted by Crippen LogP contribution is -2.20. The van der Waals surface area contributed by atoms with Gasteiger partial charge in [-0.05, 0) is 11.1 Å². The Hall–Kier alpha value is -2.18. The van der Waals surface area contributed by atoms with E-state index in [9.17, 15) is 9.36 Å². The molecule has 8 heteroatoms. The van der Waals surface area contributed by atoms with Crippen LogP contribution in [-0.2, 0) is 36.1 Å². The number of benzene rings is 2. The van der Waals surface area contributed by atoms with E-state index in [1.807, 2.05) is 60.7 Å². The average Bonchev–Trinajstić information content (AvgIpc) is 3.11. The molecule has 1 amide bonds. The molecule has 3 rings (SSSR count). The van der Waals surface area contributed by atoms with Gasteiger partial charge in [0.25, 0.3) is 0 Å². The van der Waals surface area contributed by atoms with Gasteiger partial charge in [0.2, 0.25) is 0 Å². The predicted octanol–water partition coefficient (Wildman–Crippen LogP) is 3.65. The quantitative estimate of drug-likeness (QED) is 0.672. The number of carbonyl (C=O) groups excluding carboxylic acids is 1. The van der Waals surface area contributed by atoms with Crippen molar-refractivity contribution < 1.29 is 27.7 Å². The number of amides is 1. The minimum Gasteiger partial charge on any atom is -0.442 e. The fourth-order valence-corrected chi connectivity index (χ4v) is 3.45. The molecule has 0 aliphatic carbocycles. The fraction of sp³-hybridized carbons (Fsp3) is 0.278. The van der Waals surface area contributed by atoms with Crippen LogP contribution in [0.2, 0.25) is 0 Å². The van der Waals surface area contributed by atoms with E-state index in [-0.39, 0.29) is 26.4 Å². The second kappa shape index (κ2) is 8.96. The van der Waals surface area contributed by atoms with Crippen molar-refractivity contribution in [2.24, 2.45) is 0 Å². The summed E-state index contributed by atoms with van der Waals surface area (Å²) in [6.45, 7) is 0.362. The highest BCUT2D eigenvalue weighted by molar-refractivity contribution is 7.48. The second-order valence-electron chi connectivity index (χ2n) is 5.67. The number of phosphoric ester groups is 1. The Kier molecular flexibility index (Phi) is 6.41. The number of cyclic esters (lactones) is 1. The maximum atomic E-state index is 13.0. The first-order valence-corrected chi connectivity index (χ1v) is 9.65. The van der Waals surface area contributed by atoms with E-state index in [0.29, 0.717) is 0 Å². The Labute approximate surface area is 151 Å². The standard InChI is InChI=1S/C18H20NO6P/c20-18-19-11-17(25-18)14-24-26(21,22-12-15-7-3-1-4-8-15)23-13-16-9-5-2-6-10-16/h1-10,17H,11-14H2,(H,19,20)/t17-/m1/s1. The van der Waals surface area contributed by atoms with Crippen LogP contribution in [0.3, 0.4) is 0 Å². The predicted molar refractivity (Wildman–Crippen MR) is 94.3 cm³/mol. The fourth-order valence-electron chi connectivity index (χ4n) is 2.27. The van der Waals surface area contributed by atoms with Gasteiger partial charge < -0.3 is 10.1 Å². The summed E-state index contributed by atoms with van der Waals surface area (Å²) in [5.74, 6) is 0. The lowest BCUT2D eigenvalue weighted by atomic mass is 10.2. The van der Waals surface area contributed by atoms with E-state index in [2.05, 4.69) is 5.32 Å². The third kappa shape index (κ3) is 5.68. The maximum absolute atomic E-state index is 13.0. The number of nitrogens with one attached hydrogen (secondary N) is 1. The molecule has 26 heavy (non-hydrogen) atoms. The molecule has 0 radical (unpaired) electrons. The van der Waals surface area contributed by atoms with Crippen LogP contribution < -0.4 is 5.32 Å². The Balaban J connectivity index is 1.60. The number of hydrogen-bond acceptors (Lipinski definition) is 6. The summed E-state index contributed by atoms with van der Waals surface area (Å²) in [5, 5.41) is 2.51. The Bertz CT molecular complexity index is 707. The van der Waals surface area contributed by atoms with Crippen molar-refractivity contribution in [2.75, 3.05) is 13.2 Å². The largest absolute Gasteiger partial charge is 0.475 e. The van der Waals surface area contributed by atoms with Gasteiger partial charge in [0.05, 0.1) is 26.4 Å². The van der Waals surface area contributed by atoms with Gasteiger partial charge in [-0.15, -0.1) is 0 Å². The SMILES string of the molecule is O=C1NC[C@H](COP(=O)(OCc2ccccc2)OCc2ccccc2)O1. The molecule has 0 spiro atoms. The second-order valence-corrected chi connectivity index (χ2v) is 7.34. The van der Waals surface area contributed by atoms with E-state index in [0.717, 1.165) is 11.1 Å². The maximum Gasteiger partial charge on any atom is 0.475 e. The van der Waals surface area contributed by atoms with E-state index in [4.69, 9.17) is 18.3 Å². The summed E-state index contributed by atoms with van der Waals surface area (Å²) in [6.07, 6.45) is -1.06. The molecular formula is C18H20NO6P. The molecule has 2 aromatic rings. The van der Waals surface area contributed by atoms with Crippen LogP contribution in [0.4, 0.5) is 4.79 Å². The Morgan fingerprint density at radius 1 is 0.923 bits per heavy atom. The van der Waals surface area contributed by atoms with Crippen LogP contribution in [0.5, 0.6) is 0 Å². The van der Waals surface area contributed by atoms with Gasteiger partial charge in [-0.25, -0.2) is 9.36 Å². The summed E-state index contributed by atoms with van der Waals surface area (Å²) in [5.41, 5.74) is 1.68. The molecule has 2 aromatic carbocycles. The molecule has 1 heterocycles. The summed E-state index contributed by atoms with van der Waals surface area (Å²) in [4.78, 5) is 11.1. The van der Waals surface area contributed by atoms with Crippen molar-refractivity contribution >= 4 is 13.9 Å². The number of rotatable bonds is 9. The first kappa shape index (κ1) is 18.6. The van der Waals surface area contributed by atoms with Crippen molar-refractivity contribution in [1.82, 2.24) is 5.32 Å². The van der Waals surface area contributed by atoms with Gasteiger partial charge in [0.1, 0.15) is 6.10 Å². The molecule has 0 bridgehead atoms. The molecule has 138 valence electrons. The average molecular weight is 377 g/mol. The Morgan fingerprint density at radius 2 is 1.46 bits per heavy atom. The molecule has 0 unspecified atom stereocenters. The van der Waals surface area contributed by atoms with Crippen molar-refractivity contribution in [3.05, 3.63) is 71.8 Å². The topological polar surface area (TPSA) is 83.1 Å². The summed E-state index contributed by atoms with van der Waals surface area (Å²) in [7, 11) is -3.84. The van der Waals surface area contributed by atoms with E-state index in [1.54, 1.807) is 0 Å². The highest BCUT2D eigenvalue weighted by Gasteiger charge is 2.31. The van der Waals surface area contributed by atoms with Crippen molar-refractivity contribution in [3.63, 3.8) is 0 Å². The molecule has 1 atom stereocenters. The zero-order valence-corrected chi connectivity index (χ0v) is 15.0. The van der Waals surface area contributed by atoms with E-state index in [1.165, 1.54) is 0 Å². The van der Waals surface area contributed by atoms with Gasteiger partial charge in [-0.3, -0.25) is 13.6 Å². The minimum atomic E-state index is -3.84. The van der Waals surface area contributed by atoms with Crippen molar-refractivity contribution in [1.29, 1.82) is 0 Å². The van der Waals surface area contributed by atoms with Crippen LogP contribution >= 0.6 is 7.82 Å². The van der Waals surface area contributed by atoms with Gasteiger partial charge in [-0.2, -0.15) is 0 Å². The first-order valence-electron chi connectivity index (χ1n) is 8.19.